The number of piperidine rings is 1. The van der Waals surface area contributed by atoms with E-state index in [0.29, 0.717) is 47.7 Å². The molecule has 4 aromatic rings. The van der Waals surface area contributed by atoms with Gasteiger partial charge in [0, 0.05) is 44.7 Å². The standard InChI is InChI=1S/C30H30FN7O6/c1-42-25-5-2-18-3-7-28(39)32-14-19-10-21(31)13-22(11-19)44-24-8-9-37(16-23(24)33-29(40)17-43-26(25)12-18)30(41)20-4-6-27-34-35-36-38(27)15-20/h2,4-6,10-13,15,23-24H,3,7-9,14,16-17H2,1H3,(H,32,39)(H,33,40)/t23-,24-/m1/s1. The van der Waals surface area contributed by atoms with Gasteiger partial charge in [0.15, 0.2) is 23.8 Å². The molecule has 2 aliphatic heterocycles. The molecular weight excluding hydrogens is 573 g/mol. The van der Waals surface area contributed by atoms with Crippen molar-refractivity contribution in [1.29, 1.82) is 0 Å². The van der Waals surface area contributed by atoms with Crippen LogP contribution in [0.25, 0.3) is 5.65 Å². The van der Waals surface area contributed by atoms with Crippen LogP contribution >= 0.6 is 0 Å². The van der Waals surface area contributed by atoms with Crippen molar-refractivity contribution in [2.24, 2.45) is 0 Å². The van der Waals surface area contributed by atoms with E-state index < -0.39 is 23.9 Å². The van der Waals surface area contributed by atoms with Gasteiger partial charge in [0.1, 0.15) is 17.7 Å². The number of halogens is 1. The van der Waals surface area contributed by atoms with Gasteiger partial charge < -0.3 is 29.7 Å². The summed E-state index contributed by atoms with van der Waals surface area (Å²) in [7, 11) is 1.50. The lowest BCUT2D eigenvalue weighted by Crippen LogP contribution is -2.58. The average molecular weight is 604 g/mol. The number of carbonyl (C=O) groups is 3. The monoisotopic (exact) mass is 603 g/mol. The summed E-state index contributed by atoms with van der Waals surface area (Å²) in [4.78, 5) is 40.8. The fourth-order valence-electron chi connectivity index (χ4n) is 5.34. The van der Waals surface area contributed by atoms with Gasteiger partial charge in [-0.1, -0.05) is 6.07 Å². The van der Waals surface area contributed by atoms with Gasteiger partial charge in [-0.05, 0) is 64.4 Å². The summed E-state index contributed by atoms with van der Waals surface area (Å²) in [5.74, 6) is -0.385. The van der Waals surface area contributed by atoms with Gasteiger partial charge in [-0.3, -0.25) is 14.4 Å². The zero-order chi connectivity index (χ0) is 30.6. The smallest absolute Gasteiger partial charge is 0.258 e. The predicted octanol–water partition coefficient (Wildman–Crippen LogP) is 1.69. The molecule has 1 fully saturated rings. The van der Waals surface area contributed by atoms with Gasteiger partial charge in [0.05, 0.1) is 18.7 Å². The van der Waals surface area contributed by atoms with Crippen molar-refractivity contribution >= 4 is 23.4 Å². The van der Waals surface area contributed by atoms with Crippen LogP contribution in [-0.2, 0) is 22.6 Å². The van der Waals surface area contributed by atoms with Crippen molar-refractivity contribution in [3.63, 3.8) is 0 Å². The summed E-state index contributed by atoms with van der Waals surface area (Å²) in [5.41, 5.74) is 2.23. The van der Waals surface area contributed by atoms with Gasteiger partial charge in [-0.2, -0.15) is 4.52 Å². The number of ether oxygens (including phenoxy) is 3. The molecule has 2 atom stereocenters. The van der Waals surface area contributed by atoms with Gasteiger partial charge in [0.25, 0.3) is 11.8 Å². The maximum atomic E-state index is 14.6. The second-order valence-electron chi connectivity index (χ2n) is 10.6. The lowest BCUT2D eigenvalue weighted by atomic mass is 10.0. The third-order valence-electron chi connectivity index (χ3n) is 7.56. The molecule has 2 N–H and O–H groups in total. The average Bonchev–Trinajstić information content (AvgIpc) is 3.50. The normalized spacial score (nSPS) is 19.4. The number of methoxy groups -OCH3 is 1. The molecule has 13 nitrogen and oxygen atoms in total. The molecule has 3 amide bonds. The number of likely N-dealkylation sites (tertiary alicyclic amines) is 1. The van der Waals surface area contributed by atoms with E-state index in [9.17, 15) is 18.8 Å². The lowest BCUT2D eigenvalue weighted by molar-refractivity contribution is -0.125. The minimum atomic E-state index is -0.654. The van der Waals surface area contributed by atoms with E-state index in [1.165, 1.54) is 23.8 Å². The Morgan fingerprint density at radius 3 is 2.82 bits per heavy atom. The molecule has 0 radical (unpaired) electrons. The highest BCUT2D eigenvalue weighted by Crippen LogP contribution is 2.29. The van der Waals surface area contributed by atoms with Crippen LogP contribution in [0.4, 0.5) is 4.39 Å². The third-order valence-corrected chi connectivity index (χ3v) is 7.56. The molecule has 6 rings (SSSR count). The Morgan fingerprint density at radius 2 is 1.95 bits per heavy atom. The summed E-state index contributed by atoms with van der Waals surface area (Å²) >= 11 is 0. The topological polar surface area (TPSA) is 149 Å². The zero-order valence-corrected chi connectivity index (χ0v) is 23.9. The molecule has 0 spiro atoms. The number of benzene rings is 2. The molecule has 14 heteroatoms. The number of nitrogens with zero attached hydrogens (tertiary/aromatic N) is 5. The highest BCUT2D eigenvalue weighted by atomic mass is 19.1. The van der Waals surface area contributed by atoms with Crippen molar-refractivity contribution in [2.75, 3.05) is 26.8 Å². The summed E-state index contributed by atoms with van der Waals surface area (Å²) in [5, 5.41) is 17.1. The number of carbonyl (C=O) groups excluding carboxylic acids is 3. The Morgan fingerprint density at radius 1 is 1.07 bits per heavy atom. The number of aryl methyl sites for hydroxylation is 1. The first-order valence-corrected chi connectivity index (χ1v) is 14.1. The van der Waals surface area contributed by atoms with Gasteiger partial charge in [-0.15, -0.1) is 5.10 Å². The van der Waals surface area contributed by atoms with E-state index in [-0.39, 0.29) is 43.7 Å². The largest absolute Gasteiger partial charge is 0.493 e. The van der Waals surface area contributed by atoms with Crippen molar-refractivity contribution in [3.8, 4) is 17.2 Å². The number of rotatable bonds is 2. The van der Waals surface area contributed by atoms with Crippen LogP contribution in [0, 0.1) is 5.82 Å². The molecule has 2 aromatic carbocycles. The van der Waals surface area contributed by atoms with Crippen LogP contribution in [0.2, 0.25) is 0 Å². The van der Waals surface area contributed by atoms with Crippen molar-refractivity contribution in [1.82, 2.24) is 35.6 Å². The van der Waals surface area contributed by atoms with E-state index >= 15 is 0 Å². The second kappa shape index (κ2) is 12.5. The highest BCUT2D eigenvalue weighted by Gasteiger charge is 2.35. The number of hydrogen-bond donors (Lipinski definition) is 2. The minimum absolute atomic E-state index is 0.114. The van der Waals surface area contributed by atoms with Gasteiger partial charge >= 0.3 is 0 Å². The fraction of sp³-hybridized carbons (Fsp3) is 0.333. The second-order valence-corrected chi connectivity index (χ2v) is 10.6. The summed E-state index contributed by atoms with van der Waals surface area (Å²) in [6.07, 6.45) is 1.93. The maximum Gasteiger partial charge on any atom is 0.258 e. The zero-order valence-electron chi connectivity index (χ0n) is 23.9. The van der Waals surface area contributed by atoms with Crippen LogP contribution in [-0.4, -0.2) is 81.6 Å². The summed E-state index contributed by atoms with van der Waals surface area (Å²) in [6.45, 7) is 0.225. The maximum absolute atomic E-state index is 14.6. The third kappa shape index (κ3) is 6.53. The SMILES string of the molecule is COc1ccc2cc1OCC(=O)N[C@@H]1CN(C(=O)c3ccc4nnnn4c3)CC[C@H]1Oc1cc(F)cc(c1)CNC(=O)CC2. The number of fused-ring (bicyclic) bond motifs is 6. The fourth-order valence-corrected chi connectivity index (χ4v) is 5.34. The molecule has 4 heterocycles. The number of nitrogens with one attached hydrogen (secondary N) is 2. The van der Waals surface area contributed by atoms with Gasteiger partial charge in [0.2, 0.25) is 5.91 Å². The molecule has 228 valence electrons. The highest BCUT2D eigenvalue weighted by molar-refractivity contribution is 5.94. The van der Waals surface area contributed by atoms with E-state index in [0.717, 1.165) is 5.56 Å². The molecule has 4 bridgehead atoms. The van der Waals surface area contributed by atoms with Crippen molar-refractivity contribution in [3.05, 3.63) is 77.2 Å². The van der Waals surface area contributed by atoms with Gasteiger partial charge in [-0.25, -0.2) is 4.39 Å². The van der Waals surface area contributed by atoms with Crippen LogP contribution < -0.4 is 24.8 Å². The Labute approximate surface area is 251 Å². The van der Waals surface area contributed by atoms with Crippen LogP contribution in [0.1, 0.15) is 34.3 Å². The molecular formula is C30H30FN7O6. The molecule has 2 aliphatic rings. The Bertz CT molecular complexity index is 1710. The Balaban J connectivity index is 1.27. The van der Waals surface area contributed by atoms with E-state index in [2.05, 4.69) is 26.2 Å². The molecule has 0 unspecified atom stereocenters. The van der Waals surface area contributed by atoms with Crippen molar-refractivity contribution in [2.45, 2.75) is 38.0 Å². The molecule has 0 saturated carbocycles. The van der Waals surface area contributed by atoms with Crippen LogP contribution in [0.3, 0.4) is 0 Å². The summed E-state index contributed by atoms with van der Waals surface area (Å²) < 4.78 is 33.4. The quantitative estimate of drug-likeness (QED) is 0.349. The Kier molecular flexibility index (Phi) is 8.21. The minimum Gasteiger partial charge on any atom is -0.493 e. The number of tetrazole rings is 1. The Hall–Kier alpha value is -5.27. The molecule has 1 saturated heterocycles. The number of amides is 3. The van der Waals surface area contributed by atoms with Crippen LogP contribution in [0.15, 0.2) is 54.7 Å². The van der Waals surface area contributed by atoms with E-state index in [1.54, 1.807) is 41.4 Å². The predicted molar refractivity (Wildman–Crippen MR) is 153 cm³/mol. The molecule has 44 heavy (non-hydrogen) atoms. The van der Waals surface area contributed by atoms with Crippen molar-refractivity contribution < 1.29 is 33.0 Å². The number of hydrogen-bond acceptors (Lipinski definition) is 9. The van der Waals surface area contributed by atoms with E-state index in [4.69, 9.17) is 14.2 Å². The van der Waals surface area contributed by atoms with Crippen LogP contribution in [0.5, 0.6) is 17.2 Å². The first-order chi connectivity index (χ1) is 21.3. The van der Waals surface area contributed by atoms with E-state index in [1.807, 2.05) is 6.07 Å². The first-order valence-electron chi connectivity index (χ1n) is 14.1. The molecule has 0 aliphatic carbocycles. The summed E-state index contributed by atoms with van der Waals surface area (Å²) in [6, 6.07) is 12.1. The first kappa shape index (κ1) is 28.8. The lowest BCUT2D eigenvalue weighted by Gasteiger charge is -2.39. The number of pyridine rings is 1. The molecule has 2 aromatic heterocycles. The number of aromatic nitrogens is 4.